The molecule has 7 nitrogen and oxygen atoms in total. The molecule has 0 bridgehead atoms. The summed E-state index contributed by atoms with van der Waals surface area (Å²) in [5.41, 5.74) is -1.63. The number of hydrogen-bond donors (Lipinski definition) is 2. The number of rotatable bonds is 6. The topological polar surface area (TPSA) is 91.4 Å². The van der Waals surface area contributed by atoms with Gasteiger partial charge in [-0.25, -0.2) is 19.8 Å². The van der Waals surface area contributed by atoms with Gasteiger partial charge >= 0.3 is 6.18 Å². The molecule has 2 unspecified atom stereocenters. The van der Waals surface area contributed by atoms with Crippen molar-refractivity contribution in [1.82, 2.24) is 10.4 Å². The van der Waals surface area contributed by atoms with Crippen molar-refractivity contribution < 1.29 is 31.9 Å². The van der Waals surface area contributed by atoms with E-state index in [1.165, 1.54) is 43.6 Å². The number of aromatic nitrogens is 1. The van der Waals surface area contributed by atoms with E-state index in [1.807, 2.05) is 0 Å². The van der Waals surface area contributed by atoms with E-state index in [1.54, 1.807) is 0 Å². The lowest BCUT2D eigenvalue weighted by Crippen LogP contribution is -2.55. The Morgan fingerprint density at radius 2 is 1.77 bits per heavy atom. The lowest BCUT2D eigenvalue weighted by molar-refractivity contribution is -0.183. The van der Waals surface area contributed by atoms with Crippen molar-refractivity contribution in [3.05, 3.63) is 76.4 Å². The number of halogens is 6. The van der Waals surface area contributed by atoms with Gasteiger partial charge in [0.05, 0.1) is 16.3 Å². The summed E-state index contributed by atoms with van der Waals surface area (Å²) in [5.74, 6) is -6.87. The van der Waals surface area contributed by atoms with Crippen LogP contribution in [-0.4, -0.2) is 41.5 Å². The van der Waals surface area contributed by atoms with Crippen LogP contribution in [0.15, 0.2) is 60.8 Å². The molecule has 3 rings (SSSR count). The van der Waals surface area contributed by atoms with Gasteiger partial charge in [0.1, 0.15) is 11.7 Å². The molecular formula is C22H16Cl2F4N4O3. The summed E-state index contributed by atoms with van der Waals surface area (Å²) in [6.07, 6.45) is -1.01. The first kappa shape index (κ1) is 26.3. The number of pyridine rings is 1. The van der Waals surface area contributed by atoms with Gasteiger partial charge in [-0.1, -0.05) is 41.4 Å². The standard InChI is InChI=1S/C22H16Cl2F4N4O3/c1-29-32(19(34)15-4-2-3-9-21(15,25)20(35)22(26,27)28)16-7-5-12(23)10-14(16)18(33)31-17-8-6-13(24)11-30-17/h2-11,15,29H,1H3,(H,30,31,33). The Morgan fingerprint density at radius 1 is 1.09 bits per heavy atom. The summed E-state index contributed by atoms with van der Waals surface area (Å²) in [6.45, 7) is 0. The van der Waals surface area contributed by atoms with Gasteiger partial charge in [-0.3, -0.25) is 14.4 Å². The number of allylic oxidation sites excluding steroid dienone is 3. The molecule has 2 aromatic rings. The lowest BCUT2D eigenvalue weighted by atomic mass is 9.81. The molecule has 0 aliphatic heterocycles. The molecule has 184 valence electrons. The summed E-state index contributed by atoms with van der Waals surface area (Å²) >= 11 is 11.8. The number of hydrazine groups is 1. The van der Waals surface area contributed by atoms with Gasteiger partial charge in [-0.05, 0) is 36.4 Å². The number of alkyl halides is 4. The molecule has 2 N–H and O–H groups in total. The van der Waals surface area contributed by atoms with Gasteiger partial charge in [0, 0.05) is 18.3 Å². The molecule has 0 spiro atoms. The first-order valence-corrected chi connectivity index (χ1v) is 10.5. The van der Waals surface area contributed by atoms with E-state index < -0.39 is 35.4 Å². The van der Waals surface area contributed by atoms with E-state index in [4.69, 9.17) is 23.2 Å². The second kappa shape index (κ2) is 10.1. The van der Waals surface area contributed by atoms with Crippen molar-refractivity contribution in [2.45, 2.75) is 11.8 Å². The molecule has 0 fully saturated rings. The molecule has 1 aliphatic rings. The first-order chi connectivity index (χ1) is 16.4. The van der Waals surface area contributed by atoms with Crippen molar-refractivity contribution in [2.24, 2.45) is 5.92 Å². The van der Waals surface area contributed by atoms with Crippen molar-refractivity contribution in [3.63, 3.8) is 0 Å². The second-order valence-electron chi connectivity index (χ2n) is 7.19. The van der Waals surface area contributed by atoms with Crippen LogP contribution in [0.3, 0.4) is 0 Å². The Hall–Kier alpha value is -3.28. The molecule has 1 aromatic carbocycles. The number of benzene rings is 1. The quantitative estimate of drug-likeness (QED) is 0.417. The maximum absolute atomic E-state index is 15.4. The minimum atomic E-state index is -5.54. The minimum Gasteiger partial charge on any atom is -0.306 e. The van der Waals surface area contributed by atoms with Crippen molar-refractivity contribution in [2.75, 3.05) is 17.4 Å². The largest absolute Gasteiger partial charge is 0.453 e. The third kappa shape index (κ3) is 5.53. The molecule has 0 saturated heterocycles. The molecule has 1 aromatic heterocycles. The highest BCUT2D eigenvalue weighted by Crippen LogP contribution is 2.38. The maximum Gasteiger partial charge on any atom is 0.453 e. The SMILES string of the molecule is CNN(C(=O)C1C=CC=CC1(F)C(=O)C(F)(F)F)c1ccc(Cl)cc1C(=O)Nc1ccc(Cl)cn1. The van der Waals surface area contributed by atoms with E-state index >= 15 is 4.39 Å². The van der Waals surface area contributed by atoms with Crippen molar-refractivity contribution in [3.8, 4) is 0 Å². The number of carbonyl (C=O) groups excluding carboxylic acids is 3. The minimum absolute atomic E-state index is 0.0963. The number of nitrogens with zero attached hydrogens (tertiary/aromatic N) is 2. The van der Waals surface area contributed by atoms with E-state index in [0.717, 1.165) is 18.2 Å². The predicted octanol–water partition coefficient (Wildman–Crippen LogP) is 4.69. The molecule has 2 atom stereocenters. The van der Waals surface area contributed by atoms with Crippen LogP contribution in [0.1, 0.15) is 10.4 Å². The van der Waals surface area contributed by atoms with Crippen LogP contribution >= 0.6 is 23.2 Å². The van der Waals surface area contributed by atoms with Gasteiger partial charge in [0.25, 0.3) is 17.6 Å². The molecule has 13 heteroatoms. The average molecular weight is 531 g/mol. The highest BCUT2D eigenvalue weighted by molar-refractivity contribution is 6.31. The third-order valence-electron chi connectivity index (χ3n) is 4.93. The van der Waals surface area contributed by atoms with Crippen LogP contribution in [-0.2, 0) is 9.59 Å². The third-order valence-corrected chi connectivity index (χ3v) is 5.39. The van der Waals surface area contributed by atoms with Gasteiger partial charge in [-0.15, -0.1) is 0 Å². The highest BCUT2D eigenvalue weighted by Gasteiger charge is 2.59. The van der Waals surface area contributed by atoms with Crippen LogP contribution < -0.4 is 15.8 Å². The molecule has 0 saturated carbocycles. The second-order valence-corrected chi connectivity index (χ2v) is 8.06. The van der Waals surface area contributed by atoms with Crippen molar-refractivity contribution >= 4 is 52.3 Å². The normalized spacial score (nSPS) is 19.3. The van der Waals surface area contributed by atoms with Crippen LogP contribution in [0.4, 0.5) is 29.1 Å². The number of Topliss-reactive ketones (excluding diaryl/α,β-unsaturated/α-hetero) is 1. The Balaban J connectivity index is 2.00. The van der Waals surface area contributed by atoms with E-state index in [-0.39, 0.29) is 22.1 Å². The lowest BCUT2D eigenvalue weighted by Gasteiger charge is -2.33. The summed E-state index contributed by atoms with van der Waals surface area (Å²) in [6, 6.07) is 6.61. The van der Waals surface area contributed by atoms with E-state index in [0.29, 0.717) is 16.1 Å². The summed E-state index contributed by atoms with van der Waals surface area (Å²) < 4.78 is 54.7. The summed E-state index contributed by atoms with van der Waals surface area (Å²) in [4.78, 5) is 42.0. The summed E-state index contributed by atoms with van der Waals surface area (Å²) in [7, 11) is 1.23. The fraction of sp³-hybridized carbons (Fsp3) is 0.182. The van der Waals surface area contributed by atoms with Gasteiger partial charge in [-0.2, -0.15) is 13.2 Å². The van der Waals surface area contributed by atoms with Gasteiger partial charge < -0.3 is 5.32 Å². The van der Waals surface area contributed by atoms with Crippen LogP contribution in [0.25, 0.3) is 0 Å². The molecule has 0 radical (unpaired) electrons. The zero-order valence-electron chi connectivity index (χ0n) is 17.7. The van der Waals surface area contributed by atoms with Crippen LogP contribution in [0, 0.1) is 5.92 Å². The average Bonchev–Trinajstić information content (AvgIpc) is 2.80. The number of amides is 2. The molecule has 2 amide bonds. The first-order valence-electron chi connectivity index (χ1n) is 9.79. The van der Waals surface area contributed by atoms with E-state index in [2.05, 4.69) is 15.7 Å². The smallest absolute Gasteiger partial charge is 0.306 e. The Labute approximate surface area is 206 Å². The zero-order valence-corrected chi connectivity index (χ0v) is 19.2. The molecule has 1 aliphatic carbocycles. The predicted molar refractivity (Wildman–Crippen MR) is 122 cm³/mol. The maximum atomic E-state index is 15.4. The van der Waals surface area contributed by atoms with Gasteiger partial charge in [0.15, 0.2) is 0 Å². The Bertz CT molecular complexity index is 1220. The van der Waals surface area contributed by atoms with E-state index in [9.17, 15) is 27.6 Å². The number of ketones is 1. The Morgan fingerprint density at radius 3 is 2.37 bits per heavy atom. The van der Waals surface area contributed by atoms with Gasteiger partial charge in [0.2, 0.25) is 5.67 Å². The van der Waals surface area contributed by atoms with Crippen molar-refractivity contribution in [1.29, 1.82) is 0 Å². The number of hydrogen-bond acceptors (Lipinski definition) is 5. The number of carbonyl (C=O) groups is 3. The van der Waals surface area contributed by atoms with Crippen LogP contribution in [0.2, 0.25) is 10.0 Å². The number of nitrogens with one attached hydrogen (secondary N) is 2. The fourth-order valence-corrected chi connectivity index (χ4v) is 3.60. The Kier molecular flexibility index (Phi) is 7.63. The molecular weight excluding hydrogens is 515 g/mol. The fourth-order valence-electron chi connectivity index (χ4n) is 3.32. The monoisotopic (exact) mass is 530 g/mol. The molecule has 1 heterocycles. The number of anilines is 2. The molecule has 35 heavy (non-hydrogen) atoms. The zero-order chi connectivity index (χ0) is 26.0. The summed E-state index contributed by atoms with van der Waals surface area (Å²) in [5, 5.41) is 3.54. The van der Waals surface area contributed by atoms with Crippen LogP contribution in [0.5, 0.6) is 0 Å². The highest BCUT2D eigenvalue weighted by atomic mass is 35.5.